The van der Waals surface area contributed by atoms with Gasteiger partial charge in [0.2, 0.25) is 0 Å². The molecule has 24 heavy (non-hydrogen) atoms. The van der Waals surface area contributed by atoms with Crippen molar-refractivity contribution in [2.45, 2.75) is 13.0 Å². The number of methoxy groups -OCH3 is 1. The molecule has 1 aromatic carbocycles. The molecule has 0 spiro atoms. The molecule has 0 radical (unpaired) electrons. The Balaban J connectivity index is 2.39. The molecule has 1 aromatic heterocycles. The molecule has 0 saturated heterocycles. The zero-order valence-corrected chi connectivity index (χ0v) is 14.2. The maximum atomic E-state index is 12.7. The SMILES string of the molecule is COC(=O)c1cc(C(=O)N(C)[C@@H](C)c2cccs2)cc([N+](=O)[O-])c1. The molecule has 0 unspecified atom stereocenters. The quantitative estimate of drug-likeness (QED) is 0.470. The largest absolute Gasteiger partial charge is 0.465 e. The highest BCUT2D eigenvalue weighted by atomic mass is 32.1. The number of hydrogen-bond donors (Lipinski definition) is 0. The molecule has 1 atom stereocenters. The molecule has 1 heterocycles. The third kappa shape index (κ3) is 3.60. The third-order valence-electron chi connectivity index (χ3n) is 3.65. The second-order valence-electron chi connectivity index (χ2n) is 5.12. The molecular formula is C16H16N2O5S. The van der Waals surface area contributed by atoms with Crippen molar-refractivity contribution in [2.75, 3.05) is 14.2 Å². The number of carbonyl (C=O) groups is 2. The van der Waals surface area contributed by atoms with Crippen LogP contribution in [0.25, 0.3) is 0 Å². The van der Waals surface area contributed by atoms with E-state index in [1.54, 1.807) is 7.05 Å². The predicted octanol–water partition coefficient (Wildman–Crippen LogP) is 3.28. The number of nitro benzene ring substituents is 1. The van der Waals surface area contributed by atoms with Crippen LogP contribution in [0.4, 0.5) is 5.69 Å². The maximum absolute atomic E-state index is 12.7. The average Bonchev–Trinajstić information content (AvgIpc) is 3.13. The molecule has 0 saturated carbocycles. The minimum atomic E-state index is -0.735. The normalized spacial score (nSPS) is 11.6. The van der Waals surface area contributed by atoms with Crippen LogP contribution >= 0.6 is 11.3 Å². The summed E-state index contributed by atoms with van der Waals surface area (Å²) in [5, 5.41) is 13.0. The lowest BCUT2D eigenvalue weighted by Crippen LogP contribution is -2.29. The summed E-state index contributed by atoms with van der Waals surface area (Å²) in [5.41, 5.74) is -0.304. The van der Waals surface area contributed by atoms with E-state index in [-0.39, 0.29) is 22.9 Å². The molecule has 0 N–H and O–H groups in total. The number of nitro groups is 1. The van der Waals surface area contributed by atoms with Crippen LogP contribution in [0.2, 0.25) is 0 Å². The van der Waals surface area contributed by atoms with E-state index in [4.69, 9.17) is 0 Å². The van der Waals surface area contributed by atoms with Crippen LogP contribution in [-0.4, -0.2) is 35.9 Å². The van der Waals surface area contributed by atoms with Crippen molar-refractivity contribution in [1.29, 1.82) is 0 Å². The van der Waals surface area contributed by atoms with E-state index >= 15 is 0 Å². The summed E-state index contributed by atoms with van der Waals surface area (Å²) in [4.78, 5) is 37.2. The minimum Gasteiger partial charge on any atom is -0.465 e. The predicted molar refractivity (Wildman–Crippen MR) is 89.3 cm³/mol. The van der Waals surface area contributed by atoms with Gasteiger partial charge in [-0.2, -0.15) is 0 Å². The van der Waals surface area contributed by atoms with Crippen molar-refractivity contribution in [3.63, 3.8) is 0 Å². The molecular weight excluding hydrogens is 332 g/mol. The summed E-state index contributed by atoms with van der Waals surface area (Å²) in [6.45, 7) is 1.86. The fourth-order valence-corrected chi connectivity index (χ4v) is 3.00. The lowest BCUT2D eigenvalue weighted by Gasteiger charge is -2.24. The summed E-state index contributed by atoms with van der Waals surface area (Å²) in [6, 6.07) is 7.15. The van der Waals surface area contributed by atoms with Gasteiger partial charge in [0, 0.05) is 29.6 Å². The first-order chi connectivity index (χ1) is 11.3. The van der Waals surface area contributed by atoms with Gasteiger partial charge in [-0.3, -0.25) is 14.9 Å². The molecule has 0 aliphatic heterocycles. The highest BCUT2D eigenvalue weighted by Gasteiger charge is 2.23. The number of esters is 1. The molecule has 0 aliphatic rings. The zero-order chi connectivity index (χ0) is 17.9. The van der Waals surface area contributed by atoms with E-state index in [2.05, 4.69) is 4.74 Å². The number of hydrogen-bond acceptors (Lipinski definition) is 6. The topological polar surface area (TPSA) is 89.8 Å². The van der Waals surface area contributed by atoms with Crippen LogP contribution in [-0.2, 0) is 4.74 Å². The number of carbonyl (C=O) groups excluding carboxylic acids is 2. The molecule has 7 nitrogen and oxygen atoms in total. The van der Waals surface area contributed by atoms with Crippen LogP contribution in [0.5, 0.6) is 0 Å². The van der Waals surface area contributed by atoms with Gasteiger partial charge in [0.1, 0.15) is 0 Å². The highest BCUT2D eigenvalue weighted by Crippen LogP contribution is 2.26. The van der Waals surface area contributed by atoms with Gasteiger partial charge in [0.15, 0.2) is 0 Å². The summed E-state index contributed by atoms with van der Waals surface area (Å²) >= 11 is 1.52. The molecule has 0 bridgehead atoms. The van der Waals surface area contributed by atoms with Gasteiger partial charge in [-0.05, 0) is 24.4 Å². The van der Waals surface area contributed by atoms with E-state index in [1.807, 2.05) is 24.4 Å². The van der Waals surface area contributed by atoms with Crippen molar-refractivity contribution in [3.05, 3.63) is 61.8 Å². The first kappa shape index (κ1) is 17.6. The number of non-ortho nitro benzene ring substituents is 1. The van der Waals surface area contributed by atoms with Crippen molar-refractivity contribution < 1.29 is 19.2 Å². The highest BCUT2D eigenvalue weighted by molar-refractivity contribution is 7.10. The number of ether oxygens (including phenoxy) is 1. The van der Waals surface area contributed by atoms with Gasteiger partial charge in [-0.1, -0.05) is 6.07 Å². The van der Waals surface area contributed by atoms with Crippen molar-refractivity contribution in [1.82, 2.24) is 4.90 Å². The van der Waals surface area contributed by atoms with E-state index in [0.29, 0.717) is 0 Å². The van der Waals surface area contributed by atoms with Gasteiger partial charge in [-0.25, -0.2) is 4.79 Å². The number of benzene rings is 1. The van der Waals surface area contributed by atoms with Gasteiger partial charge >= 0.3 is 5.97 Å². The van der Waals surface area contributed by atoms with Gasteiger partial charge in [-0.15, -0.1) is 11.3 Å². The Morgan fingerprint density at radius 2 is 1.96 bits per heavy atom. The Morgan fingerprint density at radius 3 is 2.50 bits per heavy atom. The van der Waals surface area contributed by atoms with Crippen LogP contribution in [0.15, 0.2) is 35.7 Å². The van der Waals surface area contributed by atoms with Gasteiger partial charge < -0.3 is 9.64 Å². The van der Waals surface area contributed by atoms with Crippen LogP contribution in [0.1, 0.15) is 38.6 Å². The van der Waals surface area contributed by atoms with Gasteiger partial charge in [0.05, 0.1) is 23.6 Å². The lowest BCUT2D eigenvalue weighted by molar-refractivity contribution is -0.384. The Labute approximate surface area is 142 Å². The van der Waals surface area contributed by atoms with Crippen molar-refractivity contribution in [3.8, 4) is 0 Å². The number of amides is 1. The first-order valence-corrected chi connectivity index (χ1v) is 7.91. The van der Waals surface area contributed by atoms with E-state index in [1.165, 1.54) is 29.4 Å². The molecule has 1 amide bonds. The van der Waals surface area contributed by atoms with Crippen LogP contribution in [0, 0.1) is 10.1 Å². The molecule has 8 heteroatoms. The molecule has 0 aliphatic carbocycles. The van der Waals surface area contributed by atoms with E-state index in [9.17, 15) is 19.7 Å². The standard InChI is InChI=1S/C16H16N2O5S/c1-10(14-5-4-6-24-14)17(2)15(19)11-7-12(16(20)23-3)9-13(8-11)18(21)22/h4-10H,1-3H3/t10-/m0/s1. The lowest BCUT2D eigenvalue weighted by atomic mass is 10.1. The molecule has 2 aromatic rings. The number of nitrogens with zero attached hydrogens (tertiary/aromatic N) is 2. The second-order valence-corrected chi connectivity index (χ2v) is 6.10. The Hall–Kier alpha value is -2.74. The minimum absolute atomic E-state index is 0.0350. The molecule has 126 valence electrons. The Bertz CT molecular complexity index is 773. The summed E-state index contributed by atoms with van der Waals surface area (Å²) in [6.07, 6.45) is 0. The fraction of sp³-hybridized carbons (Fsp3) is 0.250. The van der Waals surface area contributed by atoms with Crippen LogP contribution < -0.4 is 0 Å². The average molecular weight is 348 g/mol. The van der Waals surface area contributed by atoms with Gasteiger partial charge in [0.25, 0.3) is 11.6 Å². The zero-order valence-electron chi connectivity index (χ0n) is 13.4. The number of rotatable bonds is 5. The Morgan fingerprint density at radius 1 is 1.29 bits per heavy atom. The summed E-state index contributed by atoms with van der Waals surface area (Å²) < 4.78 is 4.59. The summed E-state index contributed by atoms with van der Waals surface area (Å²) in [5.74, 6) is -1.15. The maximum Gasteiger partial charge on any atom is 0.338 e. The fourth-order valence-electron chi connectivity index (χ4n) is 2.18. The summed E-state index contributed by atoms with van der Waals surface area (Å²) in [7, 11) is 2.79. The smallest absolute Gasteiger partial charge is 0.338 e. The molecule has 0 fully saturated rings. The monoisotopic (exact) mass is 348 g/mol. The Kier molecular flexibility index (Phi) is 5.30. The first-order valence-electron chi connectivity index (χ1n) is 7.03. The van der Waals surface area contributed by atoms with Crippen LogP contribution in [0.3, 0.4) is 0 Å². The third-order valence-corrected chi connectivity index (χ3v) is 4.70. The van der Waals surface area contributed by atoms with E-state index in [0.717, 1.165) is 17.0 Å². The number of thiophene rings is 1. The van der Waals surface area contributed by atoms with Crippen molar-refractivity contribution in [2.24, 2.45) is 0 Å². The van der Waals surface area contributed by atoms with E-state index < -0.39 is 16.8 Å². The van der Waals surface area contributed by atoms with Crippen molar-refractivity contribution >= 4 is 28.9 Å². The molecule has 2 rings (SSSR count). The second kappa shape index (κ2) is 7.22.